The lowest BCUT2D eigenvalue weighted by Gasteiger charge is -2.20. The van der Waals surface area contributed by atoms with Gasteiger partial charge in [-0.2, -0.15) is 11.8 Å². The fraction of sp³-hybridized carbons (Fsp3) is 0.385. The van der Waals surface area contributed by atoms with Gasteiger partial charge in [0.25, 0.3) is 0 Å². The topological polar surface area (TPSA) is 69.6 Å². The van der Waals surface area contributed by atoms with Gasteiger partial charge in [-0.05, 0) is 30.4 Å². The van der Waals surface area contributed by atoms with E-state index >= 15 is 0 Å². The van der Waals surface area contributed by atoms with Crippen molar-refractivity contribution in [2.75, 3.05) is 29.9 Å². The van der Waals surface area contributed by atoms with Crippen molar-refractivity contribution in [1.29, 1.82) is 0 Å². The Morgan fingerprint density at radius 2 is 2.11 bits per heavy atom. The first-order valence-corrected chi connectivity index (χ1v) is 7.29. The molecule has 0 saturated carbocycles. The maximum absolute atomic E-state index is 12.1. The molecule has 2 rings (SSSR count). The average Bonchev–Trinajstić information content (AvgIpc) is 2.68. The van der Waals surface area contributed by atoms with Gasteiger partial charge in [-0.1, -0.05) is 6.07 Å². The first-order chi connectivity index (χ1) is 9.16. The second-order valence-corrected chi connectivity index (χ2v) is 5.49. The van der Waals surface area contributed by atoms with Crippen LogP contribution in [0.5, 0.6) is 0 Å². The Morgan fingerprint density at radius 1 is 1.26 bits per heavy atom. The van der Waals surface area contributed by atoms with Crippen molar-refractivity contribution < 1.29 is 14.7 Å². The molecule has 0 unspecified atom stereocenters. The van der Waals surface area contributed by atoms with Crippen LogP contribution in [-0.2, 0) is 0 Å². The molecule has 0 bridgehead atoms. The molecule has 5 nitrogen and oxygen atoms in total. The molecule has 1 saturated heterocycles. The number of carboxylic acids is 1. The summed E-state index contributed by atoms with van der Waals surface area (Å²) in [6.45, 7) is 1.48. The smallest absolute Gasteiger partial charge is 0.335 e. The minimum atomic E-state index is -0.998. The Kier molecular flexibility index (Phi) is 4.68. The number of anilines is 1. The van der Waals surface area contributed by atoms with E-state index in [4.69, 9.17) is 5.11 Å². The van der Waals surface area contributed by atoms with Crippen LogP contribution in [0.15, 0.2) is 24.3 Å². The van der Waals surface area contributed by atoms with E-state index in [0.717, 1.165) is 31.0 Å². The molecule has 1 aliphatic heterocycles. The number of carbonyl (C=O) groups is 2. The van der Waals surface area contributed by atoms with Gasteiger partial charge in [-0.15, -0.1) is 0 Å². The Morgan fingerprint density at radius 3 is 2.89 bits per heavy atom. The van der Waals surface area contributed by atoms with Crippen molar-refractivity contribution in [3.63, 3.8) is 0 Å². The summed E-state index contributed by atoms with van der Waals surface area (Å²) >= 11 is 1.85. The van der Waals surface area contributed by atoms with Crippen molar-refractivity contribution >= 4 is 29.4 Å². The van der Waals surface area contributed by atoms with Gasteiger partial charge in [0.2, 0.25) is 0 Å². The number of hydrogen-bond donors (Lipinski definition) is 2. The molecule has 0 aliphatic carbocycles. The number of aromatic carboxylic acids is 1. The van der Waals surface area contributed by atoms with E-state index in [2.05, 4.69) is 5.32 Å². The van der Waals surface area contributed by atoms with Crippen LogP contribution in [-0.4, -0.2) is 46.6 Å². The van der Waals surface area contributed by atoms with E-state index in [1.807, 2.05) is 11.8 Å². The lowest BCUT2D eigenvalue weighted by Crippen LogP contribution is -2.36. The van der Waals surface area contributed by atoms with Crippen LogP contribution >= 0.6 is 11.8 Å². The van der Waals surface area contributed by atoms with Crippen LogP contribution in [0, 0.1) is 0 Å². The van der Waals surface area contributed by atoms with Crippen molar-refractivity contribution in [2.24, 2.45) is 0 Å². The quantitative estimate of drug-likeness (QED) is 0.872. The molecule has 0 atom stereocenters. The molecule has 102 valence electrons. The van der Waals surface area contributed by atoms with Gasteiger partial charge >= 0.3 is 12.0 Å². The summed E-state index contributed by atoms with van der Waals surface area (Å²) in [5.41, 5.74) is 0.686. The van der Waals surface area contributed by atoms with E-state index in [0.29, 0.717) is 5.69 Å². The predicted molar refractivity (Wildman–Crippen MR) is 75.9 cm³/mol. The van der Waals surface area contributed by atoms with Gasteiger partial charge in [0, 0.05) is 24.5 Å². The third kappa shape index (κ3) is 3.89. The first kappa shape index (κ1) is 13.7. The molecular weight excluding hydrogens is 264 g/mol. The minimum absolute atomic E-state index is 0.162. The molecular formula is C13H16N2O3S. The predicted octanol–water partition coefficient (Wildman–Crippen LogP) is 2.36. The van der Waals surface area contributed by atoms with E-state index in [-0.39, 0.29) is 11.6 Å². The van der Waals surface area contributed by atoms with Crippen LogP contribution in [0.4, 0.5) is 10.5 Å². The van der Waals surface area contributed by atoms with Crippen molar-refractivity contribution in [2.45, 2.75) is 6.42 Å². The van der Waals surface area contributed by atoms with Gasteiger partial charge in [-0.25, -0.2) is 9.59 Å². The van der Waals surface area contributed by atoms with Crippen LogP contribution < -0.4 is 5.32 Å². The van der Waals surface area contributed by atoms with E-state index < -0.39 is 5.97 Å². The van der Waals surface area contributed by atoms with Crippen molar-refractivity contribution in [3.05, 3.63) is 29.8 Å². The minimum Gasteiger partial charge on any atom is -0.478 e. The molecule has 1 aromatic carbocycles. The zero-order valence-corrected chi connectivity index (χ0v) is 11.3. The summed E-state index contributed by atoms with van der Waals surface area (Å²) in [5.74, 6) is 1.03. The lowest BCUT2D eigenvalue weighted by molar-refractivity contribution is 0.0697. The number of nitrogens with one attached hydrogen (secondary N) is 1. The summed E-state index contributed by atoms with van der Waals surface area (Å²) in [6.07, 6.45) is 0.993. The zero-order chi connectivity index (χ0) is 13.7. The second kappa shape index (κ2) is 6.47. The Labute approximate surface area is 116 Å². The number of urea groups is 1. The second-order valence-electron chi connectivity index (χ2n) is 4.27. The number of amides is 2. The maximum Gasteiger partial charge on any atom is 0.335 e. The zero-order valence-electron chi connectivity index (χ0n) is 10.5. The number of carboxylic acid groups (broad SMARTS) is 1. The van der Waals surface area contributed by atoms with Crippen LogP contribution in [0.2, 0.25) is 0 Å². The number of hydrogen-bond acceptors (Lipinski definition) is 3. The van der Waals surface area contributed by atoms with Gasteiger partial charge < -0.3 is 15.3 Å². The molecule has 19 heavy (non-hydrogen) atoms. The number of thioether (sulfide) groups is 1. The maximum atomic E-state index is 12.1. The number of benzene rings is 1. The molecule has 1 aliphatic rings. The molecule has 1 fully saturated rings. The third-order valence-corrected chi connectivity index (χ3v) is 3.92. The summed E-state index contributed by atoms with van der Waals surface area (Å²) < 4.78 is 0. The molecule has 1 heterocycles. The Bertz CT molecular complexity index is 471. The Balaban J connectivity index is 2.01. The summed E-state index contributed by atoms with van der Waals surface area (Å²) in [4.78, 5) is 24.7. The summed E-state index contributed by atoms with van der Waals surface area (Å²) in [5, 5.41) is 11.7. The third-order valence-electron chi connectivity index (χ3n) is 2.87. The fourth-order valence-corrected chi connectivity index (χ4v) is 2.77. The number of rotatable bonds is 2. The van der Waals surface area contributed by atoms with Gasteiger partial charge in [0.05, 0.1) is 5.56 Å². The molecule has 0 radical (unpaired) electrons. The highest BCUT2D eigenvalue weighted by molar-refractivity contribution is 7.99. The monoisotopic (exact) mass is 280 g/mol. The highest BCUT2D eigenvalue weighted by atomic mass is 32.2. The van der Waals surface area contributed by atoms with Gasteiger partial charge in [0.15, 0.2) is 0 Å². The molecule has 6 heteroatoms. The molecule has 0 spiro atoms. The van der Waals surface area contributed by atoms with Crippen molar-refractivity contribution in [3.8, 4) is 0 Å². The van der Waals surface area contributed by atoms with Crippen LogP contribution in [0.1, 0.15) is 16.8 Å². The Hall–Kier alpha value is -1.69. The number of carbonyl (C=O) groups excluding carboxylic acids is 1. The molecule has 2 amide bonds. The standard InChI is InChI=1S/C13H16N2O3S/c16-12(17)10-3-1-4-11(9-10)14-13(18)15-5-2-7-19-8-6-15/h1,3-4,9H,2,5-8H2,(H,14,18)(H,16,17). The molecule has 2 N–H and O–H groups in total. The van der Waals surface area contributed by atoms with E-state index in [9.17, 15) is 9.59 Å². The highest BCUT2D eigenvalue weighted by Gasteiger charge is 2.15. The molecule has 0 aromatic heterocycles. The van der Waals surface area contributed by atoms with Crippen LogP contribution in [0.25, 0.3) is 0 Å². The normalized spacial score (nSPS) is 15.7. The van der Waals surface area contributed by atoms with E-state index in [1.165, 1.54) is 12.1 Å². The summed E-state index contributed by atoms with van der Waals surface area (Å²) in [7, 11) is 0. The largest absolute Gasteiger partial charge is 0.478 e. The first-order valence-electron chi connectivity index (χ1n) is 6.14. The highest BCUT2D eigenvalue weighted by Crippen LogP contribution is 2.14. The van der Waals surface area contributed by atoms with Crippen LogP contribution in [0.3, 0.4) is 0 Å². The van der Waals surface area contributed by atoms with Crippen molar-refractivity contribution in [1.82, 2.24) is 4.90 Å². The number of nitrogens with zero attached hydrogens (tertiary/aromatic N) is 1. The van der Waals surface area contributed by atoms with E-state index in [1.54, 1.807) is 17.0 Å². The van der Waals surface area contributed by atoms with Gasteiger partial charge in [0.1, 0.15) is 0 Å². The fourth-order valence-electron chi connectivity index (χ4n) is 1.88. The average molecular weight is 280 g/mol. The summed E-state index contributed by atoms with van der Waals surface area (Å²) in [6, 6.07) is 6.12. The lowest BCUT2D eigenvalue weighted by atomic mass is 10.2. The molecule has 1 aromatic rings. The van der Waals surface area contributed by atoms with Gasteiger partial charge in [-0.3, -0.25) is 0 Å². The SMILES string of the molecule is O=C(O)c1cccc(NC(=O)N2CCCSCC2)c1.